The molecule has 1 unspecified atom stereocenters. The largest absolute Gasteiger partial charge is 0.389 e. The molecule has 0 bridgehead atoms. The Bertz CT molecular complexity index is 452. The van der Waals surface area contributed by atoms with Gasteiger partial charge < -0.3 is 10.6 Å². The smallest absolute Gasteiger partial charge is 0.137 e. The number of aromatic nitrogens is 2. The Morgan fingerprint density at radius 1 is 1.56 bits per heavy atom. The van der Waals surface area contributed by atoms with Crippen LogP contribution in [0.15, 0.2) is 0 Å². The van der Waals surface area contributed by atoms with Crippen LogP contribution in [0, 0.1) is 12.8 Å². The first-order valence-electron chi connectivity index (χ1n) is 6.63. The van der Waals surface area contributed by atoms with Crippen molar-refractivity contribution < 1.29 is 0 Å². The molecule has 100 valence electrons. The van der Waals surface area contributed by atoms with Crippen LogP contribution in [-0.2, 0) is 7.05 Å². The van der Waals surface area contributed by atoms with E-state index in [1.54, 1.807) is 0 Å². The summed E-state index contributed by atoms with van der Waals surface area (Å²) in [6.45, 7) is 6.40. The van der Waals surface area contributed by atoms with Gasteiger partial charge in [-0.1, -0.05) is 25.6 Å². The van der Waals surface area contributed by atoms with Gasteiger partial charge in [0, 0.05) is 20.1 Å². The van der Waals surface area contributed by atoms with Gasteiger partial charge in [0.05, 0.1) is 11.3 Å². The fraction of sp³-hybridized carbons (Fsp3) is 0.692. The summed E-state index contributed by atoms with van der Waals surface area (Å²) in [5.74, 6) is 1.89. The highest BCUT2D eigenvalue weighted by Gasteiger charge is 2.27. The van der Waals surface area contributed by atoms with Crippen molar-refractivity contribution in [2.24, 2.45) is 18.7 Å². The van der Waals surface area contributed by atoms with Crippen LogP contribution in [0.25, 0.3) is 0 Å². The van der Waals surface area contributed by atoms with Crippen LogP contribution in [0.3, 0.4) is 0 Å². The van der Waals surface area contributed by atoms with E-state index in [2.05, 4.69) is 16.9 Å². The molecule has 1 saturated heterocycles. The van der Waals surface area contributed by atoms with Gasteiger partial charge in [0.1, 0.15) is 10.8 Å². The maximum Gasteiger partial charge on any atom is 0.137 e. The highest BCUT2D eigenvalue weighted by atomic mass is 32.1. The molecule has 2 heterocycles. The third kappa shape index (κ3) is 2.36. The zero-order valence-electron chi connectivity index (χ0n) is 11.4. The lowest BCUT2D eigenvalue weighted by atomic mass is 10.0. The van der Waals surface area contributed by atoms with Crippen LogP contribution in [-0.4, -0.2) is 27.9 Å². The van der Waals surface area contributed by atoms with Crippen molar-refractivity contribution in [2.45, 2.75) is 33.1 Å². The molecule has 0 amide bonds. The molecule has 18 heavy (non-hydrogen) atoms. The number of thiocarbonyl (C=S) groups is 1. The highest BCUT2D eigenvalue weighted by Crippen LogP contribution is 2.30. The first kappa shape index (κ1) is 13.3. The Morgan fingerprint density at radius 2 is 2.28 bits per heavy atom. The third-order valence-electron chi connectivity index (χ3n) is 3.72. The Kier molecular flexibility index (Phi) is 3.90. The molecule has 1 atom stereocenters. The molecule has 1 aliphatic rings. The summed E-state index contributed by atoms with van der Waals surface area (Å²) in [7, 11) is 1.97. The molecular formula is C13H22N4S. The van der Waals surface area contributed by atoms with Crippen molar-refractivity contribution in [2.75, 3.05) is 18.0 Å². The first-order valence-corrected chi connectivity index (χ1v) is 7.03. The van der Waals surface area contributed by atoms with Crippen molar-refractivity contribution in [3.63, 3.8) is 0 Å². The van der Waals surface area contributed by atoms with Crippen LogP contribution >= 0.6 is 12.2 Å². The van der Waals surface area contributed by atoms with E-state index >= 15 is 0 Å². The maximum atomic E-state index is 5.84. The second kappa shape index (κ2) is 5.26. The van der Waals surface area contributed by atoms with Gasteiger partial charge in [-0.15, -0.1) is 0 Å². The zero-order valence-corrected chi connectivity index (χ0v) is 12.3. The SMILES string of the molecule is CCCC1CCN(c2c(C(N)=S)c(C)nn2C)C1. The molecule has 2 rings (SSSR count). The van der Waals surface area contributed by atoms with E-state index in [-0.39, 0.29) is 0 Å². The van der Waals surface area contributed by atoms with E-state index in [0.717, 1.165) is 36.1 Å². The molecule has 5 heteroatoms. The van der Waals surface area contributed by atoms with Crippen molar-refractivity contribution >= 4 is 23.0 Å². The third-order valence-corrected chi connectivity index (χ3v) is 3.92. The minimum absolute atomic E-state index is 0.453. The van der Waals surface area contributed by atoms with Crippen LogP contribution in [0.4, 0.5) is 5.82 Å². The quantitative estimate of drug-likeness (QED) is 0.847. The molecule has 1 fully saturated rings. The van der Waals surface area contributed by atoms with Crippen LogP contribution in [0.1, 0.15) is 37.4 Å². The molecule has 1 aromatic rings. The molecule has 0 saturated carbocycles. The lowest BCUT2D eigenvalue weighted by Gasteiger charge is -2.20. The van der Waals surface area contributed by atoms with E-state index in [0.29, 0.717) is 4.99 Å². The van der Waals surface area contributed by atoms with Crippen molar-refractivity contribution in [3.8, 4) is 0 Å². The Balaban J connectivity index is 2.26. The average molecular weight is 266 g/mol. The van der Waals surface area contributed by atoms with Gasteiger partial charge in [-0.25, -0.2) is 0 Å². The van der Waals surface area contributed by atoms with E-state index in [9.17, 15) is 0 Å². The summed E-state index contributed by atoms with van der Waals surface area (Å²) in [6.07, 6.45) is 3.82. The molecule has 1 aromatic heterocycles. The normalized spacial score (nSPS) is 19.5. The molecule has 0 spiro atoms. The summed E-state index contributed by atoms with van der Waals surface area (Å²) in [6, 6.07) is 0. The van der Waals surface area contributed by atoms with Gasteiger partial charge in [0.25, 0.3) is 0 Å². The second-order valence-electron chi connectivity index (χ2n) is 5.16. The number of nitrogens with two attached hydrogens (primary N) is 1. The number of rotatable bonds is 4. The summed E-state index contributed by atoms with van der Waals surface area (Å²) >= 11 is 5.16. The van der Waals surface area contributed by atoms with Gasteiger partial charge in [-0.3, -0.25) is 4.68 Å². The van der Waals surface area contributed by atoms with Gasteiger partial charge in [0.15, 0.2) is 0 Å². The van der Waals surface area contributed by atoms with Crippen LogP contribution in [0.2, 0.25) is 0 Å². The first-order chi connectivity index (χ1) is 8.54. The molecular weight excluding hydrogens is 244 g/mol. The number of nitrogens with zero attached hydrogens (tertiary/aromatic N) is 3. The molecule has 2 N–H and O–H groups in total. The minimum atomic E-state index is 0.453. The standard InChI is InChI=1S/C13H22N4S/c1-4-5-10-6-7-17(8-10)13-11(12(14)18)9(2)15-16(13)3/h10H,4-8H2,1-3H3,(H2,14,18). The van der Waals surface area contributed by atoms with E-state index in [4.69, 9.17) is 18.0 Å². The maximum absolute atomic E-state index is 5.84. The number of hydrogen-bond donors (Lipinski definition) is 1. The fourth-order valence-electron chi connectivity index (χ4n) is 2.97. The van der Waals surface area contributed by atoms with E-state index in [1.807, 2.05) is 18.7 Å². The summed E-state index contributed by atoms with van der Waals surface area (Å²) in [5, 5.41) is 4.46. The predicted octanol–water partition coefficient (Wildman–Crippen LogP) is 1.99. The molecule has 4 nitrogen and oxygen atoms in total. The zero-order chi connectivity index (χ0) is 13.3. The van der Waals surface area contributed by atoms with Gasteiger partial charge in [0.2, 0.25) is 0 Å². The molecule has 0 aliphatic carbocycles. The summed E-state index contributed by atoms with van der Waals surface area (Å²) in [4.78, 5) is 2.84. The predicted molar refractivity (Wildman–Crippen MR) is 79.1 cm³/mol. The Morgan fingerprint density at radius 3 is 2.89 bits per heavy atom. The fourth-order valence-corrected chi connectivity index (χ4v) is 3.21. The summed E-state index contributed by atoms with van der Waals surface area (Å²) < 4.78 is 1.91. The molecule has 0 radical (unpaired) electrons. The van der Waals surface area contributed by atoms with Crippen LogP contribution < -0.4 is 10.6 Å². The van der Waals surface area contributed by atoms with Crippen molar-refractivity contribution in [3.05, 3.63) is 11.3 Å². The van der Waals surface area contributed by atoms with Crippen LogP contribution in [0.5, 0.6) is 0 Å². The van der Waals surface area contributed by atoms with Gasteiger partial charge in [-0.05, 0) is 25.7 Å². The van der Waals surface area contributed by atoms with E-state index in [1.165, 1.54) is 19.3 Å². The van der Waals surface area contributed by atoms with E-state index < -0.39 is 0 Å². The topological polar surface area (TPSA) is 47.1 Å². The molecule has 1 aliphatic heterocycles. The van der Waals surface area contributed by atoms with Gasteiger partial charge in [-0.2, -0.15) is 5.10 Å². The summed E-state index contributed by atoms with van der Waals surface area (Å²) in [5.41, 5.74) is 7.72. The number of anilines is 1. The van der Waals surface area contributed by atoms with Crippen molar-refractivity contribution in [1.82, 2.24) is 9.78 Å². The van der Waals surface area contributed by atoms with Crippen molar-refractivity contribution in [1.29, 1.82) is 0 Å². The second-order valence-corrected chi connectivity index (χ2v) is 5.60. The minimum Gasteiger partial charge on any atom is -0.389 e. The number of hydrogen-bond acceptors (Lipinski definition) is 3. The highest BCUT2D eigenvalue weighted by molar-refractivity contribution is 7.80. The lowest BCUT2D eigenvalue weighted by Crippen LogP contribution is -2.25. The van der Waals surface area contributed by atoms with Gasteiger partial charge >= 0.3 is 0 Å². The monoisotopic (exact) mass is 266 g/mol. The molecule has 0 aromatic carbocycles. The average Bonchev–Trinajstić information content (AvgIpc) is 2.83. The lowest BCUT2D eigenvalue weighted by molar-refractivity contribution is 0.529. The Labute approximate surface area is 114 Å². The Hall–Kier alpha value is -1.10. The number of aryl methyl sites for hydroxylation is 2.